The van der Waals surface area contributed by atoms with Crippen molar-refractivity contribution in [2.75, 3.05) is 7.11 Å². The van der Waals surface area contributed by atoms with E-state index in [1.54, 1.807) is 13.3 Å². The predicted octanol–water partition coefficient (Wildman–Crippen LogP) is 1.59. The Balaban J connectivity index is 1.97. The predicted molar refractivity (Wildman–Crippen MR) is 71.5 cm³/mol. The molecule has 5 nitrogen and oxygen atoms in total. The minimum Gasteiger partial charge on any atom is -0.495 e. The highest BCUT2D eigenvalue weighted by Gasteiger charge is 2.04. The Labute approximate surface area is 112 Å². The molecule has 1 aromatic heterocycles. The SMILES string of the molecule is COc1ccc(CNCc2ccnn2C)cc1C#N. The van der Waals surface area contributed by atoms with Crippen LogP contribution >= 0.6 is 0 Å². The third kappa shape index (κ3) is 3.12. The lowest BCUT2D eigenvalue weighted by atomic mass is 10.1. The number of nitriles is 1. The number of benzene rings is 1. The van der Waals surface area contributed by atoms with E-state index in [-0.39, 0.29) is 0 Å². The van der Waals surface area contributed by atoms with Gasteiger partial charge in [-0.05, 0) is 23.8 Å². The number of hydrogen-bond acceptors (Lipinski definition) is 4. The molecular formula is C14H16N4O. The van der Waals surface area contributed by atoms with Crippen LogP contribution in [0.25, 0.3) is 0 Å². The van der Waals surface area contributed by atoms with Gasteiger partial charge in [0.15, 0.2) is 0 Å². The first-order valence-corrected chi connectivity index (χ1v) is 5.99. The maximum atomic E-state index is 9.02. The quantitative estimate of drug-likeness (QED) is 0.882. The number of aromatic nitrogens is 2. The van der Waals surface area contributed by atoms with E-state index in [0.717, 1.165) is 17.8 Å². The third-order valence-corrected chi connectivity index (χ3v) is 2.94. The Hall–Kier alpha value is -2.32. The summed E-state index contributed by atoms with van der Waals surface area (Å²) in [6.45, 7) is 1.44. The summed E-state index contributed by atoms with van der Waals surface area (Å²) in [6, 6.07) is 9.72. The lowest BCUT2D eigenvalue weighted by molar-refractivity contribution is 0.413. The first kappa shape index (κ1) is 13.1. The number of methoxy groups -OCH3 is 1. The molecule has 19 heavy (non-hydrogen) atoms. The summed E-state index contributed by atoms with van der Waals surface area (Å²) >= 11 is 0. The molecule has 2 aromatic rings. The van der Waals surface area contributed by atoms with Crippen LogP contribution in [-0.2, 0) is 20.1 Å². The molecule has 0 amide bonds. The lowest BCUT2D eigenvalue weighted by Crippen LogP contribution is -2.15. The lowest BCUT2D eigenvalue weighted by Gasteiger charge is -2.07. The average molecular weight is 256 g/mol. The Bertz CT molecular complexity index is 598. The summed E-state index contributed by atoms with van der Waals surface area (Å²) in [4.78, 5) is 0. The number of rotatable bonds is 5. The summed E-state index contributed by atoms with van der Waals surface area (Å²) in [6.07, 6.45) is 1.78. The van der Waals surface area contributed by atoms with Gasteiger partial charge in [0.25, 0.3) is 0 Å². The van der Waals surface area contributed by atoms with Gasteiger partial charge in [0, 0.05) is 26.3 Å². The zero-order valence-electron chi connectivity index (χ0n) is 11.1. The first-order valence-electron chi connectivity index (χ1n) is 5.99. The molecule has 0 atom stereocenters. The van der Waals surface area contributed by atoms with Crippen LogP contribution in [0.2, 0.25) is 0 Å². The fourth-order valence-electron chi connectivity index (χ4n) is 1.86. The zero-order valence-corrected chi connectivity index (χ0v) is 11.1. The number of nitrogens with zero attached hydrogens (tertiary/aromatic N) is 3. The van der Waals surface area contributed by atoms with Crippen LogP contribution in [0.4, 0.5) is 0 Å². The molecule has 1 N–H and O–H groups in total. The Kier molecular flexibility index (Phi) is 4.16. The van der Waals surface area contributed by atoms with Gasteiger partial charge in [-0.15, -0.1) is 0 Å². The van der Waals surface area contributed by atoms with Gasteiger partial charge in [-0.3, -0.25) is 4.68 Å². The maximum Gasteiger partial charge on any atom is 0.136 e. The number of hydrogen-bond donors (Lipinski definition) is 1. The average Bonchev–Trinajstić information content (AvgIpc) is 2.84. The molecule has 2 rings (SSSR count). The van der Waals surface area contributed by atoms with E-state index in [9.17, 15) is 0 Å². The molecule has 0 radical (unpaired) electrons. The van der Waals surface area contributed by atoms with Crippen LogP contribution in [0.5, 0.6) is 5.75 Å². The number of aryl methyl sites for hydroxylation is 1. The second-order valence-corrected chi connectivity index (χ2v) is 4.20. The van der Waals surface area contributed by atoms with Gasteiger partial charge in [-0.2, -0.15) is 10.4 Å². The molecule has 1 heterocycles. The molecule has 0 saturated heterocycles. The van der Waals surface area contributed by atoms with Crippen LogP contribution in [0.15, 0.2) is 30.5 Å². The van der Waals surface area contributed by atoms with Crippen molar-refractivity contribution in [3.8, 4) is 11.8 Å². The molecule has 98 valence electrons. The van der Waals surface area contributed by atoms with E-state index in [2.05, 4.69) is 16.5 Å². The maximum absolute atomic E-state index is 9.02. The van der Waals surface area contributed by atoms with Crippen LogP contribution in [0.1, 0.15) is 16.8 Å². The zero-order chi connectivity index (χ0) is 13.7. The largest absolute Gasteiger partial charge is 0.495 e. The Morgan fingerprint density at radius 2 is 2.21 bits per heavy atom. The second kappa shape index (κ2) is 6.03. The second-order valence-electron chi connectivity index (χ2n) is 4.20. The Morgan fingerprint density at radius 3 is 2.84 bits per heavy atom. The molecule has 5 heteroatoms. The van der Waals surface area contributed by atoms with Gasteiger partial charge in [0.05, 0.1) is 18.4 Å². The summed E-state index contributed by atoms with van der Waals surface area (Å²) in [7, 11) is 3.48. The van der Waals surface area contributed by atoms with Gasteiger partial charge in [0.1, 0.15) is 11.8 Å². The van der Waals surface area contributed by atoms with Gasteiger partial charge in [0.2, 0.25) is 0 Å². The monoisotopic (exact) mass is 256 g/mol. The first-order chi connectivity index (χ1) is 9.24. The van der Waals surface area contributed by atoms with Crippen molar-refractivity contribution in [1.29, 1.82) is 5.26 Å². The van der Waals surface area contributed by atoms with E-state index < -0.39 is 0 Å². The standard InChI is InChI=1S/C14H16N4O/c1-18-13(5-6-17-18)10-16-9-11-3-4-14(19-2)12(7-11)8-15/h3-7,16H,9-10H2,1-2H3. The summed E-state index contributed by atoms with van der Waals surface area (Å²) < 4.78 is 6.95. The molecule has 0 aliphatic rings. The van der Waals surface area contributed by atoms with E-state index in [0.29, 0.717) is 17.9 Å². The van der Waals surface area contributed by atoms with Crippen LogP contribution in [0.3, 0.4) is 0 Å². The molecule has 0 fully saturated rings. The molecule has 0 aliphatic heterocycles. The molecule has 0 unspecified atom stereocenters. The fourth-order valence-corrected chi connectivity index (χ4v) is 1.86. The third-order valence-electron chi connectivity index (χ3n) is 2.94. The Morgan fingerprint density at radius 1 is 1.37 bits per heavy atom. The van der Waals surface area contributed by atoms with Gasteiger partial charge in [-0.1, -0.05) is 6.07 Å². The van der Waals surface area contributed by atoms with Crippen LogP contribution in [-0.4, -0.2) is 16.9 Å². The molecule has 1 aromatic carbocycles. The fraction of sp³-hybridized carbons (Fsp3) is 0.286. The van der Waals surface area contributed by atoms with E-state index >= 15 is 0 Å². The summed E-state index contributed by atoms with van der Waals surface area (Å²) in [5.74, 6) is 0.609. The highest BCUT2D eigenvalue weighted by atomic mass is 16.5. The molecule has 0 bridgehead atoms. The smallest absolute Gasteiger partial charge is 0.136 e. The molecule has 0 spiro atoms. The van der Waals surface area contributed by atoms with Crippen molar-refractivity contribution in [3.63, 3.8) is 0 Å². The minimum atomic E-state index is 0.558. The molecular weight excluding hydrogens is 240 g/mol. The van der Waals surface area contributed by atoms with Gasteiger partial charge in [-0.25, -0.2) is 0 Å². The van der Waals surface area contributed by atoms with E-state index in [1.165, 1.54) is 0 Å². The van der Waals surface area contributed by atoms with E-state index in [1.807, 2.05) is 36.0 Å². The van der Waals surface area contributed by atoms with Crippen LogP contribution < -0.4 is 10.1 Å². The van der Waals surface area contributed by atoms with Gasteiger partial charge < -0.3 is 10.1 Å². The summed E-state index contributed by atoms with van der Waals surface area (Å²) in [5, 5.41) is 16.5. The topological polar surface area (TPSA) is 62.9 Å². The highest BCUT2D eigenvalue weighted by molar-refractivity contribution is 5.45. The summed E-state index contributed by atoms with van der Waals surface area (Å²) in [5.41, 5.74) is 2.73. The van der Waals surface area contributed by atoms with Crippen LogP contribution in [0, 0.1) is 11.3 Å². The van der Waals surface area contributed by atoms with Crippen molar-refractivity contribution in [2.24, 2.45) is 7.05 Å². The normalized spacial score (nSPS) is 10.2. The number of nitrogens with one attached hydrogen (secondary N) is 1. The molecule has 0 saturated carbocycles. The van der Waals surface area contributed by atoms with Crippen molar-refractivity contribution in [1.82, 2.24) is 15.1 Å². The van der Waals surface area contributed by atoms with Crippen molar-refractivity contribution in [3.05, 3.63) is 47.3 Å². The number of ether oxygens (including phenoxy) is 1. The molecule has 0 aliphatic carbocycles. The van der Waals surface area contributed by atoms with Crippen molar-refractivity contribution in [2.45, 2.75) is 13.1 Å². The van der Waals surface area contributed by atoms with Gasteiger partial charge >= 0.3 is 0 Å². The van der Waals surface area contributed by atoms with Crippen molar-refractivity contribution < 1.29 is 4.74 Å². The minimum absolute atomic E-state index is 0.558. The van der Waals surface area contributed by atoms with Crippen molar-refractivity contribution >= 4 is 0 Å². The highest BCUT2D eigenvalue weighted by Crippen LogP contribution is 2.18. The van der Waals surface area contributed by atoms with E-state index in [4.69, 9.17) is 10.00 Å².